The maximum atomic E-state index is 11.7. The van der Waals surface area contributed by atoms with Crippen LogP contribution in [0.3, 0.4) is 0 Å². The number of hydrogen-bond donors (Lipinski definition) is 4. The first-order valence-corrected chi connectivity index (χ1v) is 5.72. The number of nitrogens with two attached hydrogens (primary N) is 2. The van der Waals surface area contributed by atoms with Gasteiger partial charge in [0.25, 0.3) is 5.91 Å². The highest BCUT2D eigenvalue weighted by atomic mass is 32.1. The average Bonchev–Trinajstić information content (AvgIpc) is 2.35. The summed E-state index contributed by atoms with van der Waals surface area (Å²) in [6.45, 7) is 0.370. The Morgan fingerprint density at radius 1 is 1.00 bits per heavy atom. The molecule has 0 saturated heterocycles. The Bertz CT molecular complexity index is 470. The highest BCUT2D eigenvalue weighted by Gasteiger charge is 2.13. The highest BCUT2D eigenvalue weighted by Crippen LogP contribution is 2.10. The lowest BCUT2D eigenvalue weighted by Crippen LogP contribution is -2.26. The topological polar surface area (TPSA) is 115 Å². The van der Waals surface area contributed by atoms with Gasteiger partial charge in [0, 0.05) is 29.0 Å². The van der Waals surface area contributed by atoms with E-state index in [0.717, 1.165) is 0 Å². The standard InChI is InChI=1S/C11H13N3O3S/c12-9(15)6-3-7(10(13)16)5-8(4-6)11(17)14-1-2-18/h3-5,18H,1-2H2,(H2,12,15)(H2,13,16)(H,14,17). The Kier molecular flexibility index (Phi) is 4.73. The van der Waals surface area contributed by atoms with Crippen LogP contribution in [0.5, 0.6) is 0 Å². The van der Waals surface area contributed by atoms with Crippen LogP contribution in [0.1, 0.15) is 31.1 Å². The summed E-state index contributed by atoms with van der Waals surface area (Å²) in [5.41, 5.74) is 10.5. The van der Waals surface area contributed by atoms with Crippen LogP contribution >= 0.6 is 12.6 Å². The molecule has 0 atom stereocenters. The van der Waals surface area contributed by atoms with Crippen molar-refractivity contribution in [2.75, 3.05) is 12.3 Å². The Hall–Kier alpha value is -2.02. The number of nitrogens with one attached hydrogen (secondary N) is 1. The molecule has 6 nitrogen and oxygen atoms in total. The third kappa shape index (κ3) is 3.49. The van der Waals surface area contributed by atoms with Gasteiger partial charge in [-0.25, -0.2) is 0 Å². The van der Waals surface area contributed by atoms with Crippen molar-refractivity contribution in [1.29, 1.82) is 0 Å². The quantitative estimate of drug-likeness (QED) is 0.541. The number of amides is 3. The molecule has 0 saturated carbocycles. The molecule has 1 rings (SSSR count). The first-order chi connectivity index (χ1) is 8.45. The van der Waals surface area contributed by atoms with Crippen LogP contribution in [0.2, 0.25) is 0 Å². The van der Waals surface area contributed by atoms with Crippen molar-refractivity contribution in [1.82, 2.24) is 5.32 Å². The molecule has 0 bridgehead atoms. The molecule has 0 aliphatic carbocycles. The van der Waals surface area contributed by atoms with E-state index in [1.165, 1.54) is 18.2 Å². The maximum absolute atomic E-state index is 11.7. The molecule has 1 aromatic rings. The number of carbonyl (C=O) groups is 3. The average molecular weight is 267 g/mol. The lowest BCUT2D eigenvalue weighted by Gasteiger charge is -2.06. The lowest BCUT2D eigenvalue weighted by atomic mass is 10.0. The number of thiol groups is 1. The predicted octanol–water partition coefficient (Wildman–Crippen LogP) is -0.456. The van der Waals surface area contributed by atoms with E-state index in [1.807, 2.05) is 0 Å². The van der Waals surface area contributed by atoms with Gasteiger partial charge in [0.1, 0.15) is 0 Å². The van der Waals surface area contributed by atoms with Crippen molar-refractivity contribution in [2.45, 2.75) is 0 Å². The Morgan fingerprint density at radius 2 is 1.44 bits per heavy atom. The van der Waals surface area contributed by atoms with E-state index in [2.05, 4.69) is 17.9 Å². The summed E-state index contributed by atoms with van der Waals surface area (Å²) in [7, 11) is 0. The molecule has 0 radical (unpaired) electrons. The van der Waals surface area contributed by atoms with Gasteiger partial charge in [0.2, 0.25) is 11.8 Å². The summed E-state index contributed by atoms with van der Waals surface area (Å²) in [5, 5.41) is 2.56. The second kappa shape index (κ2) is 6.06. The predicted molar refractivity (Wildman–Crippen MR) is 69.7 cm³/mol. The lowest BCUT2D eigenvalue weighted by molar-refractivity contribution is 0.0956. The van der Waals surface area contributed by atoms with Gasteiger partial charge in [-0.1, -0.05) is 0 Å². The SMILES string of the molecule is NC(=O)c1cc(C(N)=O)cc(C(=O)NCCS)c1. The minimum Gasteiger partial charge on any atom is -0.366 e. The number of primary amides is 2. The van der Waals surface area contributed by atoms with E-state index in [1.54, 1.807) is 0 Å². The zero-order valence-electron chi connectivity index (χ0n) is 9.47. The van der Waals surface area contributed by atoms with Gasteiger partial charge in [-0.05, 0) is 18.2 Å². The van der Waals surface area contributed by atoms with E-state index in [9.17, 15) is 14.4 Å². The van der Waals surface area contributed by atoms with Crippen molar-refractivity contribution in [3.63, 3.8) is 0 Å². The second-order valence-electron chi connectivity index (χ2n) is 3.51. The first kappa shape index (κ1) is 14.0. The molecule has 0 heterocycles. The fourth-order valence-electron chi connectivity index (χ4n) is 1.31. The highest BCUT2D eigenvalue weighted by molar-refractivity contribution is 7.80. The minimum absolute atomic E-state index is 0.0577. The Morgan fingerprint density at radius 3 is 1.83 bits per heavy atom. The molecule has 5 N–H and O–H groups in total. The fraction of sp³-hybridized carbons (Fsp3) is 0.182. The largest absolute Gasteiger partial charge is 0.366 e. The van der Waals surface area contributed by atoms with Crippen molar-refractivity contribution in [3.8, 4) is 0 Å². The van der Waals surface area contributed by atoms with E-state index in [-0.39, 0.29) is 16.7 Å². The summed E-state index contributed by atoms with van der Waals surface area (Å²) in [4.78, 5) is 33.9. The molecule has 7 heteroatoms. The fourth-order valence-corrected chi connectivity index (χ4v) is 1.43. The molecular formula is C11H13N3O3S. The number of rotatable bonds is 5. The van der Waals surface area contributed by atoms with Crippen LogP contribution in [-0.2, 0) is 0 Å². The third-order valence-corrected chi connectivity index (χ3v) is 2.39. The van der Waals surface area contributed by atoms with Crippen LogP contribution in [-0.4, -0.2) is 30.0 Å². The van der Waals surface area contributed by atoms with Crippen LogP contribution < -0.4 is 16.8 Å². The van der Waals surface area contributed by atoms with E-state index >= 15 is 0 Å². The van der Waals surface area contributed by atoms with Crippen LogP contribution in [0.15, 0.2) is 18.2 Å². The molecule has 0 aliphatic rings. The number of carbonyl (C=O) groups excluding carboxylic acids is 3. The summed E-state index contributed by atoms with van der Waals surface area (Å²) in [5.74, 6) is -1.42. The van der Waals surface area contributed by atoms with Crippen LogP contribution in [0.25, 0.3) is 0 Å². The van der Waals surface area contributed by atoms with Gasteiger partial charge < -0.3 is 16.8 Å². The molecule has 0 aliphatic heterocycles. The Labute approximate surface area is 109 Å². The normalized spacial score (nSPS) is 9.83. The summed E-state index contributed by atoms with van der Waals surface area (Å²) >= 11 is 3.95. The zero-order valence-corrected chi connectivity index (χ0v) is 10.4. The maximum Gasteiger partial charge on any atom is 0.251 e. The number of benzene rings is 1. The molecule has 3 amide bonds. The zero-order chi connectivity index (χ0) is 13.7. The second-order valence-corrected chi connectivity index (χ2v) is 3.95. The summed E-state index contributed by atoms with van der Waals surface area (Å²) in [6, 6.07) is 3.87. The molecule has 0 unspecified atom stereocenters. The van der Waals surface area contributed by atoms with Crippen molar-refractivity contribution < 1.29 is 14.4 Å². The Balaban J connectivity index is 3.14. The van der Waals surface area contributed by atoms with E-state index < -0.39 is 17.7 Å². The molecular weight excluding hydrogens is 254 g/mol. The third-order valence-electron chi connectivity index (χ3n) is 2.16. The van der Waals surface area contributed by atoms with E-state index in [0.29, 0.717) is 12.3 Å². The van der Waals surface area contributed by atoms with Gasteiger partial charge in [-0.2, -0.15) is 12.6 Å². The molecule has 0 aromatic heterocycles. The monoisotopic (exact) mass is 267 g/mol. The smallest absolute Gasteiger partial charge is 0.251 e. The minimum atomic E-state index is -0.735. The van der Waals surface area contributed by atoms with Gasteiger partial charge >= 0.3 is 0 Å². The van der Waals surface area contributed by atoms with Gasteiger partial charge in [-0.15, -0.1) is 0 Å². The van der Waals surface area contributed by atoms with Crippen LogP contribution in [0, 0.1) is 0 Å². The van der Waals surface area contributed by atoms with Crippen molar-refractivity contribution in [2.24, 2.45) is 11.5 Å². The van der Waals surface area contributed by atoms with Crippen molar-refractivity contribution in [3.05, 3.63) is 34.9 Å². The molecule has 0 spiro atoms. The molecule has 0 fully saturated rings. The molecule has 18 heavy (non-hydrogen) atoms. The summed E-state index contributed by atoms with van der Waals surface area (Å²) < 4.78 is 0. The summed E-state index contributed by atoms with van der Waals surface area (Å²) in [6.07, 6.45) is 0. The van der Waals surface area contributed by atoms with Gasteiger partial charge in [0.15, 0.2) is 0 Å². The van der Waals surface area contributed by atoms with Gasteiger partial charge in [0.05, 0.1) is 0 Å². The number of hydrogen-bond acceptors (Lipinski definition) is 4. The van der Waals surface area contributed by atoms with Crippen LogP contribution in [0.4, 0.5) is 0 Å². The van der Waals surface area contributed by atoms with E-state index in [4.69, 9.17) is 11.5 Å². The first-order valence-electron chi connectivity index (χ1n) is 5.09. The molecule has 1 aromatic carbocycles. The molecule has 96 valence electrons. The van der Waals surface area contributed by atoms with Crippen molar-refractivity contribution >= 4 is 30.4 Å². The van der Waals surface area contributed by atoms with Gasteiger partial charge in [-0.3, -0.25) is 14.4 Å².